The summed E-state index contributed by atoms with van der Waals surface area (Å²) >= 11 is 6.20. The summed E-state index contributed by atoms with van der Waals surface area (Å²) in [7, 11) is 0. The van der Waals surface area contributed by atoms with Gasteiger partial charge in [0.05, 0.1) is 16.6 Å². The zero-order valence-corrected chi connectivity index (χ0v) is 13.5. The maximum Gasteiger partial charge on any atom is 0.129 e. The summed E-state index contributed by atoms with van der Waals surface area (Å²) < 4.78 is 27.7. The Morgan fingerprint density at radius 3 is 2.88 bits per heavy atom. The van der Waals surface area contributed by atoms with Crippen LogP contribution in [-0.2, 0) is 0 Å². The zero-order chi connectivity index (χ0) is 16.7. The molecule has 3 aromatic rings. The molecule has 24 heavy (non-hydrogen) atoms. The second-order valence-electron chi connectivity index (χ2n) is 5.85. The summed E-state index contributed by atoms with van der Waals surface area (Å²) in [5.41, 5.74) is 1.69. The molecule has 3 heterocycles. The van der Waals surface area contributed by atoms with Crippen molar-refractivity contribution in [3.8, 4) is 0 Å². The Morgan fingerprint density at radius 2 is 2.00 bits per heavy atom. The lowest BCUT2D eigenvalue weighted by molar-refractivity contribution is 0.560. The third-order valence-corrected chi connectivity index (χ3v) is 4.69. The molecule has 0 aliphatic carbocycles. The molecule has 1 saturated heterocycles. The van der Waals surface area contributed by atoms with E-state index >= 15 is 0 Å². The van der Waals surface area contributed by atoms with Crippen LogP contribution in [0.4, 0.5) is 14.6 Å². The summed E-state index contributed by atoms with van der Waals surface area (Å²) in [4.78, 5) is 10.8. The summed E-state index contributed by atoms with van der Waals surface area (Å²) in [5, 5.41) is 0.523. The van der Waals surface area contributed by atoms with Crippen molar-refractivity contribution in [2.75, 3.05) is 11.4 Å². The second-order valence-corrected chi connectivity index (χ2v) is 6.25. The van der Waals surface area contributed by atoms with Gasteiger partial charge in [-0.3, -0.25) is 4.98 Å². The number of aromatic nitrogens is 2. The highest BCUT2D eigenvalue weighted by Gasteiger charge is 2.29. The van der Waals surface area contributed by atoms with Crippen LogP contribution in [0.5, 0.6) is 0 Å². The van der Waals surface area contributed by atoms with Gasteiger partial charge in [-0.1, -0.05) is 11.6 Å². The lowest BCUT2D eigenvalue weighted by Crippen LogP contribution is -2.24. The Kier molecular flexibility index (Phi) is 3.81. The van der Waals surface area contributed by atoms with Gasteiger partial charge in [0.2, 0.25) is 0 Å². The predicted molar refractivity (Wildman–Crippen MR) is 90.2 cm³/mol. The van der Waals surface area contributed by atoms with Crippen molar-refractivity contribution < 1.29 is 8.78 Å². The highest BCUT2D eigenvalue weighted by atomic mass is 35.5. The third kappa shape index (κ3) is 2.59. The Hall–Kier alpha value is -2.27. The summed E-state index contributed by atoms with van der Waals surface area (Å²) in [6.07, 6.45) is 3.27. The summed E-state index contributed by atoms with van der Waals surface area (Å²) in [5.74, 6) is -0.130. The van der Waals surface area contributed by atoms with Crippen LogP contribution in [0.25, 0.3) is 11.0 Å². The Morgan fingerprint density at radius 1 is 1.12 bits per heavy atom. The minimum atomic E-state index is -0.433. The molecule has 0 N–H and O–H groups in total. The third-order valence-electron chi connectivity index (χ3n) is 4.38. The molecule has 4 rings (SSSR count). The molecular weight excluding hydrogens is 332 g/mol. The topological polar surface area (TPSA) is 29.0 Å². The molecule has 0 spiro atoms. The summed E-state index contributed by atoms with van der Waals surface area (Å²) in [6, 6.07) is 8.74. The minimum Gasteiger partial charge on any atom is -0.349 e. The van der Waals surface area contributed by atoms with Crippen molar-refractivity contribution >= 4 is 28.5 Å². The van der Waals surface area contributed by atoms with Crippen LogP contribution in [0, 0.1) is 11.6 Å². The van der Waals surface area contributed by atoms with Gasteiger partial charge < -0.3 is 4.90 Å². The standard InChI is InChI=1S/C18H14ClF2N3/c19-13-7-8-22-15-5-6-17(23-18(13)15)24-9-1-2-16(24)12-10-11(20)3-4-14(12)21/h3-8,10,16H,1-2,9H2/t16-/m1/s1. The van der Waals surface area contributed by atoms with E-state index in [9.17, 15) is 8.78 Å². The maximum atomic E-state index is 14.2. The molecule has 0 bridgehead atoms. The maximum absolute atomic E-state index is 14.2. The lowest BCUT2D eigenvalue weighted by Gasteiger charge is -2.26. The molecule has 122 valence electrons. The number of anilines is 1. The average molecular weight is 346 g/mol. The molecule has 0 amide bonds. The van der Waals surface area contributed by atoms with Gasteiger partial charge in [-0.25, -0.2) is 13.8 Å². The Balaban J connectivity index is 1.78. The van der Waals surface area contributed by atoms with Crippen molar-refractivity contribution in [3.05, 3.63) is 64.8 Å². The van der Waals surface area contributed by atoms with E-state index < -0.39 is 11.6 Å². The van der Waals surface area contributed by atoms with Crippen LogP contribution in [0.2, 0.25) is 5.02 Å². The zero-order valence-electron chi connectivity index (χ0n) is 12.7. The number of benzene rings is 1. The van der Waals surface area contributed by atoms with Gasteiger partial charge in [0.25, 0.3) is 0 Å². The first-order valence-corrected chi connectivity index (χ1v) is 8.14. The van der Waals surface area contributed by atoms with E-state index in [0.717, 1.165) is 25.5 Å². The smallest absolute Gasteiger partial charge is 0.129 e. The fourth-order valence-electron chi connectivity index (χ4n) is 3.28. The first-order chi connectivity index (χ1) is 11.6. The molecule has 3 nitrogen and oxygen atoms in total. The van der Waals surface area contributed by atoms with Crippen molar-refractivity contribution in [3.63, 3.8) is 0 Å². The second kappa shape index (κ2) is 5.98. The van der Waals surface area contributed by atoms with Crippen LogP contribution < -0.4 is 4.90 Å². The number of hydrogen-bond acceptors (Lipinski definition) is 3. The minimum absolute atomic E-state index is 0.235. The monoisotopic (exact) mass is 345 g/mol. The van der Waals surface area contributed by atoms with Crippen molar-refractivity contribution in [1.29, 1.82) is 0 Å². The van der Waals surface area contributed by atoms with Gasteiger partial charge in [-0.05, 0) is 49.2 Å². The molecule has 0 radical (unpaired) electrons. The number of halogens is 3. The van der Waals surface area contributed by atoms with E-state index in [1.807, 2.05) is 17.0 Å². The number of hydrogen-bond donors (Lipinski definition) is 0. The average Bonchev–Trinajstić information content (AvgIpc) is 3.06. The molecule has 1 fully saturated rings. The fraction of sp³-hybridized carbons (Fsp3) is 0.222. The highest BCUT2D eigenvalue weighted by Crippen LogP contribution is 2.37. The van der Waals surface area contributed by atoms with Crippen LogP contribution in [0.15, 0.2) is 42.6 Å². The van der Waals surface area contributed by atoms with Crippen molar-refractivity contribution in [2.45, 2.75) is 18.9 Å². The van der Waals surface area contributed by atoms with E-state index in [2.05, 4.69) is 9.97 Å². The molecule has 1 aromatic carbocycles. The van der Waals surface area contributed by atoms with Crippen molar-refractivity contribution in [2.24, 2.45) is 0 Å². The number of pyridine rings is 2. The van der Waals surface area contributed by atoms with Crippen LogP contribution in [0.1, 0.15) is 24.4 Å². The van der Waals surface area contributed by atoms with Gasteiger partial charge in [-0.2, -0.15) is 0 Å². The van der Waals surface area contributed by atoms with Gasteiger partial charge in [-0.15, -0.1) is 0 Å². The number of fused-ring (bicyclic) bond motifs is 1. The highest BCUT2D eigenvalue weighted by molar-refractivity contribution is 6.34. The van der Waals surface area contributed by atoms with E-state index in [0.29, 0.717) is 27.4 Å². The molecule has 1 atom stereocenters. The molecule has 1 aliphatic rings. The quantitative estimate of drug-likeness (QED) is 0.661. The van der Waals surface area contributed by atoms with Crippen LogP contribution in [0.3, 0.4) is 0 Å². The predicted octanol–water partition coefficient (Wildman–Crippen LogP) is 4.90. The van der Waals surface area contributed by atoms with Crippen LogP contribution in [-0.4, -0.2) is 16.5 Å². The molecule has 6 heteroatoms. The molecule has 1 aliphatic heterocycles. The van der Waals surface area contributed by atoms with E-state index in [1.165, 1.54) is 12.1 Å². The van der Waals surface area contributed by atoms with Gasteiger partial charge in [0, 0.05) is 18.3 Å². The fourth-order valence-corrected chi connectivity index (χ4v) is 3.47. The van der Waals surface area contributed by atoms with Crippen LogP contribution >= 0.6 is 11.6 Å². The van der Waals surface area contributed by atoms with Gasteiger partial charge in [0.15, 0.2) is 0 Å². The molecule has 0 unspecified atom stereocenters. The number of nitrogens with zero attached hydrogens (tertiary/aromatic N) is 3. The van der Waals surface area contributed by atoms with E-state index in [1.54, 1.807) is 12.3 Å². The largest absolute Gasteiger partial charge is 0.349 e. The Bertz CT molecular complexity index is 916. The Labute approximate surface area is 142 Å². The SMILES string of the molecule is Fc1ccc(F)c([C@H]2CCCN2c2ccc3nccc(Cl)c3n2)c1. The summed E-state index contributed by atoms with van der Waals surface area (Å²) in [6.45, 7) is 0.733. The van der Waals surface area contributed by atoms with Gasteiger partial charge in [0.1, 0.15) is 23.0 Å². The van der Waals surface area contributed by atoms with Crippen molar-refractivity contribution in [1.82, 2.24) is 9.97 Å². The van der Waals surface area contributed by atoms with E-state index in [4.69, 9.17) is 11.6 Å². The molecule has 0 saturated carbocycles. The normalized spacial score (nSPS) is 17.6. The van der Waals surface area contributed by atoms with E-state index in [-0.39, 0.29) is 6.04 Å². The first-order valence-electron chi connectivity index (χ1n) is 7.76. The first kappa shape index (κ1) is 15.3. The molecular formula is C18H14ClF2N3. The molecule has 2 aromatic heterocycles. The van der Waals surface area contributed by atoms with Gasteiger partial charge >= 0.3 is 0 Å². The number of rotatable bonds is 2. The lowest BCUT2D eigenvalue weighted by atomic mass is 10.0.